The molecule has 0 aliphatic heterocycles. The number of hydrogen-bond acceptors (Lipinski definition) is 3. The second-order valence-electron chi connectivity index (χ2n) is 5.85. The standard InChI is InChI=1S/C16H24O3/c1-7-18-15(17)13-10-12(16(4,5)6)8-9-14(13)19-11(2)3/h8-11H,7H2,1-6H3. The summed E-state index contributed by atoms with van der Waals surface area (Å²) in [6.07, 6.45) is 0.0219. The van der Waals surface area contributed by atoms with Gasteiger partial charge >= 0.3 is 5.97 Å². The van der Waals surface area contributed by atoms with E-state index in [1.165, 1.54) is 0 Å². The summed E-state index contributed by atoms with van der Waals surface area (Å²) in [4.78, 5) is 12.0. The zero-order valence-corrected chi connectivity index (χ0v) is 12.7. The lowest BCUT2D eigenvalue weighted by Crippen LogP contribution is -2.16. The Morgan fingerprint density at radius 1 is 1.26 bits per heavy atom. The Hall–Kier alpha value is -1.51. The average Bonchev–Trinajstić information content (AvgIpc) is 2.27. The monoisotopic (exact) mass is 264 g/mol. The molecule has 0 saturated carbocycles. The van der Waals surface area contributed by atoms with E-state index in [1.807, 2.05) is 32.0 Å². The van der Waals surface area contributed by atoms with Crippen LogP contribution in [-0.2, 0) is 10.2 Å². The van der Waals surface area contributed by atoms with Crippen molar-refractivity contribution in [2.75, 3.05) is 6.61 Å². The zero-order chi connectivity index (χ0) is 14.6. The van der Waals surface area contributed by atoms with Gasteiger partial charge in [-0.15, -0.1) is 0 Å². The Labute approximate surface area is 115 Å². The van der Waals surface area contributed by atoms with Crippen molar-refractivity contribution in [2.45, 2.75) is 53.1 Å². The van der Waals surface area contributed by atoms with Crippen LogP contribution in [0, 0.1) is 0 Å². The second kappa shape index (κ2) is 6.09. The molecule has 0 aliphatic carbocycles. The molecular weight excluding hydrogens is 240 g/mol. The number of carbonyl (C=O) groups is 1. The predicted octanol–water partition coefficient (Wildman–Crippen LogP) is 3.95. The summed E-state index contributed by atoms with van der Waals surface area (Å²) in [5.74, 6) is 0.255. The number of carbonyl (C=O) groups excluding carboxylic acids is 1. The van der Waals surface area contributed by atoms with Crippen molar-refractivity contribution >= 4 is 5.97 Å². The van der Waals surface area contributed by atoms with Crippen molar-refractivity contribution in [1.29, 1.82) is 0 Å². The van der Waals surface area contributed by atoms with Crippen LogP contribution in [0.2, 0.25) is 0 Å². The van der Waals surface area contributed by atoms with E-state index in [2.05, 4.69) is 20.8 Å². The van der Waals surface area contributed by atoms with E-state index in [9.17, 15) is 4.79 Å². The molecule has 0 atom stereocenters. The van der Waals surface area contributed by atoms with Crippen LogP contribution in [0.5, 0.6) is 5.75 Å². The third-order valence-electron chi connectivity index (χ3n) is 2.70. The third-order valence-corrected chi connectivity index (χ3v) is 2.70. The van der Waals surface area contributed by atoms with Gasteiger partial charge in [-0.1, -0.05) is 26.8 Å². The van der Waals surface area contributed by atoms with Gasteiger partial charge in [0.25, 0.3) is 0 Å². The van der Waals surface area contributed by atoms with Gasteiger partial charge < -0.3 is 9.47 Å². The molecule has 0 radical (unpaired) electrons. The molecule has 3 nitrogen and oxygen atoms in total. The van der Waals surface area contributed by atoms with Crippen molar-refractivity contribution < 1.29 is 14.3 Å². The minimum Gasteiger partial charge on any atom is -0.490 e. The normalized spacial score (nSPS) is 11.5. The van der Waals surface area contributed by atoms with Gasteiger partial charge in [-0.3, -0.25) is 0 Å². The molecular formula is C16H24O3. The largest absolute Gasteiger partial charge is 0.490 e. The van der Waals surface area contributed by atoms with Gasteiger partial charge in [-0.2, -0.15) is 0 Å². The van der Waals surface area contributed by atoms with Crippen LogP contribution in [0.3, 0.4) is 0 Å². The summed E-state index contributed by atoms with van der Waals surface area (Å²) in [7, 11) is 0. The van der Waals surface area contributed by atoms with Crippen molar-refractivity contribution in [1.82, 2.24) is 0 Å². The molecule has 0 saturated heterocycles. The quantitative estimate of drug-likeness (QED) is 0.772. The summed E-state index contributed by atoms with van der Waals surface area (Å²) in [5.41, 5.74) is 1.58. The van der Waals surface area contributed by atoms with Gasteiger partial charge in [0.1, 0.15) is 11.3 Å². The predicted molar refractivity (Wildman–Crippen MR) is 76.9 cm³/mol. The molecule has 3 heteroatoms. The van der Waals surface area contributed by atoms with Crippen LogP contribution in [-0.4, -0.2) is 18.7 Å². The molecule has 0 unspecified atom stereocenters. The first-order chi connectivity index (χ1) is 8.75. The molecule has 0 bridgehead atoms. The highest BCUT2D eigenvalue weighted by Gasteiger charge is 2.20. The van der Waals surface area contributed by atoms with Crippen molar-refractivity contribution in [2.24, 2.45) is 0 Å². The summed E-state index contributed by atoms with van der Waals surface area (Å²) in [6.45, 7) is 12.4. The Bertz CT molecular complexity index is 442. The molecule has 0 amide bonds. The number of hydrogen-bond donors (Lipinski definition) is 0. The Kier molecular flexibility index (Phi) is 4.98. The van der Waals surface area contributed by atoms with Crippen LogP contribution in [0.4, 0.5) is 0 Å². The Morgan fingerprint density at radius 2 is 1.89 bits per heavy atom. The molecule has 0 spiro atoms. The number of ether oxygens (including phenoxy) is 2. The SMILES string of the molecule is CCOC(=O)c1cc(C(C)(C)C)ccc1OC(C)C. The molecule has 0 fully saturated rings. The highest BCUT2D eigenvalue weighted by Crippen LogP contribution is 2.29. The van der Waals surface area contributed by atoms with E-state index in [-0.39, 0.29) is 17.5 Å². The van der Waals surface area contributed by atoms with Gasteiger partial charge in [0, 0.05) is 0 Å². The van der Waals surface area contributed by atoms with E-state index < -0.39 is 0 Å². The van der Waals surface area contributed by atoms with Gasteiger partial charge in [-0.25, -0.2) is 4.79 Å². The smallest absolute Gasteiger partial charge is 0.341 e. The van der Waals surface area contributed by atoms with Crippen LogP contribution in [0.1, 0.15) is 57.5 Å². The maximum absolute atomic E-state index is 12.0. The van der Waals surface area contributed by atoms with E-state index in [0.717, 1.165) is 5.56 Å². The molecule has 106 valence electrons. The molecule has 1 aromatic carbocycles. The fourth-order valence-electron chi connectivity index (χ4n) is 1.72. The summed E-state index contributed by atoms with van der Waals surface area (Å²) >= 11 is 0. The van der Waals surface area contributed by atoms with Crippen LogP contribution in [0.15, 0.2) is 18.2 Å². The number of benzene rings is 1. The van der Waals surface area contributed by atoms with Gasteiger partial charge in [0.05, 0.1) is 12.7 Å². The van der Waals surface area contributed by atoms with E-state index in [1.54, 1.807) is 6.92 Å². The lowest BCUT2D eigenvalue weighted by Gasteiger charge is -2.21. The third kappa shape index (κ3) is 4.27. The van der Waals surface area contributed by atoms with E-state index in [0.29, 0.717) is 17.9 Å². The maximum Gasteiger partial charge on any atom is 0.341 e. The lowest BCUT2D eigenvalue weighted by molar-refractivity contribution is 0.0520. The van der Waals surface area contributed by atoms with Crippen LogP contribution < -0.4 is 4.74 Å². The highest BCUT2D eigenvalue weighted by atomic mass is 16.5. The molecule has 1 rings (SSSR count). The summed E-state index contributed by atoms with van der Waals surface area (Å²) in [5, 5.41) is 0. The van der Waals surface area contributed by atoms with Crippen LogP contribution in [0.25, 0.3) is 0 Å². The van der Waals surface area contributed by atoms with E-state index >= 15 is 0 Å². The fourth-order valence-corrected chi connectivity index (χ4v) is 1.72. The van der Waals surface area contributed by atoms with Gasteiger partial charge in [0.15, 0.2) is 0 Å². The van der Waals surface area contributed by atoms with Crippen molar-refractivity contribution in [3.63, 3.8) is 0 Å². The summed E-state index contributed by atoms with van der Waals surface area (Å²) < 4.78 is 10.8. The van der Waals surface area contributed by atoms with Gasteiger partial charge in [-0.05, 0) is 43.9 Å². The highest BCUT2D eigenvalue weighted by molar-refractivity contribution is 5.92. The molecule has 1 aromatic rings. The minimum atomic E-state index is -0.329. The Morgan fingerprint density at radius 3 is 2.37 bits per heavy atom. The molecule has 0 aromatic heterocycles. The minimum absolute atomic E-state index is 0.0163. The first-order valence-corrected chi connectivity index (χ1v) is 6.74. The van der Waals surface area contributed by atoms with E-state index in [4.69, 9.17) is 9.47 Å². The lowest BCUT2D eigenvalue weighted by atomic mass is 9.86. The first-order valence-electron chi connectivity index (χ1n) is 6.74. The molecule has 19 heavy (non-hydrogen) atoms. The average molecular weight is 264 g/mol. The number of rotatable bonds is 4. The van der Waals surface area contributed by atoms with Crippen LogP contribution >= 0.6 is 0 Å². The first kappa shape index (κ1) is 15.5. The molecule has 0 N–H and O–H groups in total. The molecule has 0 heterocycles. The zero-order valence-electron chi connectivity index (χ0n) is 12.7. The van der Waals surface area contributed by atoms with Crippen molar-refractivity contribution in [3.8, 4) is 5.75 Å². The maximum atomic E-state index is 12.0. The fraction of sp³-hybridized carbons (Fsp3) is 0.562. The van der Waals surface area contributed by atoms with Crippen molar-refractivity contribution in [3.05, 3.63) is 29.3 Å². The second-order valence-corrected chi connectivity index (χ2v) is 5.85. The summed E-state index contributed by atoms with van der Waals surface area (Å²) in [6, 6.07) is 5.73. The number of esters is 1. The Balaban J connectivity index is 3.22. The van der Waals surface area contributed by atoms with Gasteiger partial charge in [0.2, 0.25) is 0 Å². The topological polar surface area (TPSA) is 35.5 Å². The molecule has 0 aliphatic rings.